The topological polar surface area (TPSA) is 37.3 Å². The summed E-state index contributed by atoms with van der Waals surface area (Å²) in [7, 11) is 0. The Kier molecular flexibility index (Phi) is 3.41. The second-order valence-electron chi connectivity index (χ2n) is 2.32. The molecule has 0 aliphatic rings. The maximum absolute atomic E-state index is 10.5. The Balaban J connectivity index is 2.71. The van der Waals surface area contributed by atoms with Gasteiger partial charge in [0, 0.05) is 4.90 Å². The van der Waals surface area contributed by atoms with Crippen molar-refractivity contribution in [2.45, 2.75) is 4.90 Å². The number of benzene rings is 1. The molecule has 0 atom stereocenters. The summed E-state index contributed by atoms with van der Waals surface area (Å²) < 4.78 is 0. The number of carboxylic acid groups (broad SMARTS) is 1. The summed E-state index contributed by atoms with van der Waals surface area (Å²) in [6.45, 7) is 0. The van der Waals surface area contributed by atoms with Crippen molar-refractivity contribution < 1.29 is 9.90 Å². The highest BCUT2D eigenvalue weighted by atomic mass is 32.2. The fraction of sp³-hybridized carbons (Fsp3) is 0.100. The number of thioether (sulfide) groups is 1. The molecule has 0 unspecified atom stereocenters. The number of aromatic carboxylic acids is 1. The molecule has 0 fully saturated rings. The summed E-state index contributed by atoms with van der Waals surface area (Å²) in [5.74, 6) is 2.19. The van der Waals surface area contributed by atoms with E-state index in [4.69, 9.17) is 11.5 Å². The van der Waals surface area contributed by atoms with E-state index in [9.17, 15) is 4.79 Å². The number of terminal acetylenes is 1. The van der Waals surface area contributed by atoms with Crippen molar-refractivity contribution in [2.75, 3.05) is 5.75 Å². The largest absolute Gasteiger partial charge is 0.478 e. The summed E-state index contributed by atoms with van der Waals surface area (Å²) in [5.41, 5.74) is 0.296. The van der Waals surface area contributed by atoms with Crippen LogP contribution in [0.15, 0.2) is 29.2 Å². The first-order valence-corrected chi connectivity index (χ1v) is 4.62. The van der Waals surface area contributed by atoms with Gasteiger partial charge < -0.3 is 5.11 Å². The standard InChI is InChI=1S/C10H8O2S/c1-2-7-13-9-5-3-8(4-6-9)10(11)12/h1,3-6H,7H2,(H,11,12). The van der Waals surface area contributed by atoms with Crippen molar-refractivity contribution in [1.29, 1.82) is 0 Å². The Morgan fingerprint density at radius 1 is 1.46 bits per heavy atom. The molecule has 0 aliphatic heterocycles. The zero-order valence-corrected chi connectivity index (χ0v) is 7.67. The molecule has 0 saturated carbocycles. The average Bonchev–Trinajstić information content (AvgIpc) is 2.15. The smallest absolute Gasteiger partial charge is 0.335 e. The van der Waals surface area contributed by atoms with Gasteiger partial charge in [0.1, 0.15) is 0 Å². The van der Waals surface area contributed by atoms with Gasteiger partial charge in [-0.2, -0.15) is 0 Å². The van der Waals surface area contributed by atoms with E-state index >= 15 is 0 Å². The van der Waals surface area contributed by atoms with E-state index in [1.807, 2.05) is 0 Å². The van der Waals surface area contributed by atoms with Crippen LogP contribution in [0.25, 0.3) is 0 Å². The third-order valence-corrected chi connectivity index (χ3v) is 2.34. The molecular weight excluding hydrogens is 184 g/mol. The van der Waals surface area contributed by atoms with Crippen LogP contribution in [0.1, 0.15) is 10.4 Å². The minimum absolute atomic E-state index is 0.296. The normalized spacial score (nSPS) is 9.15. The van der Waals surface area contributed by atoms with Gasteiger partial charge in [-0.05, 0) is 24.3 Å². The van der Waals surface area contributed by atoms with Crippen LogP contribution in [0.4, 0.5) is 0 Å². The zero-order valence-electron chi connectivity index (χ0n) is 6.86. The molecule has 2 nitrogen and oxygen atoms in total. The molecule has 0 saturated heterocycles. The van der Waals surface area contributed by atoms with Crippen LogP contribution in [0.3, 0.4) is 0 Å². The summed E-state index contributed by atoms with van der Waals surface area (Å²) in [6, 6.07) is 6.65. The van der Waals surface area contributed by atoms with E-state index < -0.39 is 5.97 Å². The first-order valence-electron chi connectivity index (χ1n) is 3.63. The fourth-order valence-electron chi connectivity index (χ4n) is 0.819. The van der Waals surface area contributed by atoms with Crippen molar-refractivity contribution >= 4 is 17.7 Å². The highest BCUT2D eigenvalue weighted by Gasteiger charge is 2.00. The Bertz CT molecular complexity index is 335. The lowest BCUT2D eigenvalue weighted by molar-refractivity contribution is 0.0697. The Morgan fingerprint density at radius 2 is 2.08 bits per heavy atom. The minimum Gasteiger partial charge on any atom is -0.478 e. The monoisotopic (exact) mass is 192 g/mol. The molecule has 1 aromatic rings. The Labute approximate surface area is 81.0 Å². The predicted octanol–water partition coefficient (Wildman–Crippen LogP) is 2.11. The zero-order chi connectivity index (χ0) is 9.68. The van der Waals surface area contributed by atoms with Crippen molar-refractivity contribution in [1.82, 2.24) is 0 Å². The summed E-state index contributed by atoms with van der Waals surface area (Å²) in [4.78, 5) is 11.5. The van der Waals surface area contributed by atoms with Crippen molar-refractivity contribution in [3.8, 4) is 12.3 Å². The molecule has 1 rings (SSSR count). The molecule has 1 N–H and O–H groups in total. The summed E-state index contributed by atoms with van der Waals surface area (Å²) >= 11 is 1.51. The lowest BCUT2D eigenvalue weighted by Gasteiger charge is -1.97. The molecule has 0 aliphatic carbocycles. The SMILES string of the molecule is C#CCSc1ccc(C(=O)O)cc1. The van der Waals surface area contributed by atoms with Crippen LogP contribution in [-0.2, 0) is 0 Å². The second kappa shape index (κ2) is 4.58. The molecule has 0 bridgehead atoms. The van der Waals surface area contributed by atoms with E-state index in [0.717, 1.165) is 4.90 Å². The maximum Gasteiger partial charge on any atom is 0.335 e. The van der Waals surface area contributed by atoms with Crippen LogP contribution >= 0.6 is 11.8 Å². The van der Waals surface area contributed by atoms with E-state index in [1.165, 1.54) is 11.8 Å². The molecule has 0 amide bonds. The molecular formula is C10H8O2S. The van der Waals surface area contributed by atoms with Gasteiger partial charge in [0.2, 0.25) is 0 Å². The van der Waals surface area contributed by atoms with Crippen LogP contribution in [0, 0.1) is 12.3 Å². The Morgan fingerprint density at radius 3 is 2.54 bits per heavy atom. The predicted molar refractivity (Wildman–Crippen MR) is 53.0 cm³/mol. The lowest BCUT2D eigenvalue weighted by atomic mass is 10.2. The van der Waals surface area contributed by atoms with Gasteiger partial charge in [-0.25, -0.2) is 4.79 Å². The van der Waals surface area contributed by atoms with Crippen molar-refractivity contribution in [3.05, 3.63) is 29.8 Å². The van der Waals surface area contributed by atoms with E-state index in [-0.39, 0.29) is 0 Å². The van der Waals surface area contributed by atoms with Crippen LogP contribution < -0.4 is 0 Å². The summed E-state index contributed by atoms with van der Waals surface area (Å²) in [5, 5.41) is 8.61. The van der Waals surface area contributed by atoms with Gasteiger partial charge in [0.25, 0.3) is 0 Å². The summed E-state index contributed by atoms with van der Waals surface area (Å²) in [6.07, 6.45) is 5.09. The van der Waals surface area contributed by atoms with Gasteiger partial charge >= 0.3 is 5.97 Å². The Hall–Kier alpha value is -1.40. The number of hydrogen-bond acceptors (Lipinski definition) is 2. The van der Waals surface area contributed by atoms with Crippen LogP contribution in [-0.4, -0.2) is 16.8 Å². The quantitative estimate of drug-likeness (QED) is 0.588. The number of rotatable bonds is 3. The fourth-order valence-corrected chi connectivity index (χ4v) is 1.40. The molecule has 0 aromatic heterocycles. The minimum atomic E-state index is -0.909. The van der Waals surface area contributed by atoms with Gasteiger partial charge in [-0.15, -0.1) is 18.2 Å². The van der Waals surface area contributed by atoms with Gasteiger partial charge in [0.05, 0.1) is 11.3 Å². The van der Waals surface area contributed by atoms with Crippen LogP contribution in [0.2, 0.25) is 0 Å². The van der Waals surface area contributed by atoms with Gasteiger partial charge in [-0.1, -0.05) is 5.92 Å². The molecule has 66 valence electrons. The highest BCUT2D eigenvalue weighted by molar-refractivity contribution is 7.99. The molecule has 3 heteroatoms. The van der Waals surface area contributed by atoms with E-state index in [0.29, 0.717) is 11.3 Å². The van der Waals surface area contributed by atoms with E-state index in [1.54, 1.807) is 24.3 Å². The molecule has 0 radical (unpaired) electrons. The van der Waals surface area contributed by atoms with E-state index in [2.05, 4.69) is 5.92 Å². The second-order valence-corrected chi connectivity index (χ2v) is 3.37. The van der Waals surface area contributed by atoms with Gasteiger partial charge in [0.15, 0.2) is 0 Å². The molecule has 1 aromatic carbocycles. The third-order valence-electron chi connectivity index (χ3n) is 1.42. The van der Waals surface area contributed by atoms with Crippen LogP contribution in [0.5, 0.6) is 0 Å². The highest BCUT2D eigenvalue weighted by Crippen LogP contribution is 2.17. The first kappa shape index (κ1) is 9.69. The molecule has 0 heterocycles. The van der Waals surface area contributed by atoms with Crippen molar-refractivity contribution in [3.63, 3.8) is 0 Å². The third kappa shape index (κ3) is 2.85. The number of carboxylic acids is 1. The van der Waals surface area contributed by atoms with Crippen molar-refractivity contribution in [2.24, 2.45) is 0 Å². The molecule has 0 spiro atoms. The average molecular weight is 192 g/mol. The van der Waals surface area contributed by atoms with Gasteiger partial charge in [-0.3, -0.25) is 0 Å². The molecule has 13 heavy (non-hydrogen) atoms. The lowest BCUT2D eigenvalue weighted by Crippen LogP contribution is -1.94. The number of hydrogen-bond donors (Lipinski definition) is 1. The first-order chi connectivity index (χ1) is 6.24. The number of carbonyl (C=O) groups is 1. The maximum atomic E-state index is 10.5.